The molecule has 1 aliphatic carbocycles. The van der Waals surface area contributed by atoms with Crippen molar-refractivity contribution in [3.8, 4) is 0 Å². The highest BCUT2D eigenvalue weighted by atomic mass is 19.4. The van der Waals surface area contributed by atoms with E-state index >= 15 is 0 Å². The van der Waals surface area contributed by atoms with Gasteiger partial charge in [0.15, 0.2) is 5.65 Å². The van der Waals surface area contributed by atoms with E-state index in [-0.39, 0.29) is 12.5 Å². The number of fused-ring (bicyclic) bond motifs is 1. The predicted molar refractivity (Wildman–Crippen MR) is 106 cm³/mol. The summed E-state index contributed by atoms with van der Waals surface area (Å²) < 4.78 is 47.5. The van der Waals surface area contributed by atoms with E-state index in [9.17, 15) is 13.2 Å². The Morgan fingerprint density at radius 3 is 2.55 bits per heavy atom. The lowest BCUT2D eigenvalue weighted by Gasteiger charge is -2.32. The topological polar surface area (TPSA) is 81.9 Å². The van der Waals surface area contributed by atoms with Crippen molar-refractivity contribution in [2.75, 3.05) is 24.6 Å². The lowest BCUT2D eigenvalue weighted by atomic mass is 10.1. The molecule has 0 N–H and O–H groups in total. The number of halogens is 3. The average molecular weight is 433 g/mol. The molecule has 0 amide bonds. The SMILES string of the molecule is Cc1nc2nc(N3CCO[C@H](c4cnn(C)c4)C3)nc([C@@H]3CC3C(F)(F)F)c2nc1C. The van der Waals surface area contributed by atoms with Gasteiger partial charge in [0.1, 0.15) is 11.6 Å². The van der Waals surface area contributed by atoms with Crippen LogP contribution in [0.5, 0.6) is 0 Å². The molecule has 1 unspecified atom stereocenters. The Labute approximate surface area is 176 Å². The van der Waals surface area contributed by atoms with Crippen LogP contribution in [0.4, 0.5) is 19.1 Å². The van der Waals surface area contributed by atoms with Crippen molar-refractivity contribution >= 4 is 17.1 Å². The van der Waals surface area contributed by atoms with Crippen molar-refractivity contribution in [2.45, 2.75) is 38.5 Å². The number of aryl methyl sites for hydroxylation is 3. The van der Waals surface area contributed by atoms with Gasteiger partial charge in [-0.3, -0.25) is 4.68 Å². The van der Waals surface area contributed by atoms with E-state index in [1.165, 1.54) is 0 Å². The minimum absolute atomic E-state index is 0.0189. The second-order valence-corrected chi connectivity index (χ2v) is 8.22. The lowest BCUT2D eigenvalue weighted by molar-refractivity contribution is -0.148. The third kappa shape index (κ3) is 3.71. The normalized spacial score (nSPS) is 24.1. The summed E-state index contributed by atoms with van der Waals surface area (Å²) in [6.45, 7) is 5.05. The summed E-state index contributed by atoms with van der Waals surface area (Å²) in [6.07, 6.45) is -0.822. The van der Waals surface area contributed by atoms with Crippen LogP contribution < -0.4 is 4.90 Å². The first-order valence-electron chi connectivity index (χ1n) is 10.2. The molecule has 4 heterocycles. The highest BCUT2D eigenvalue weighted by molar-refractivity contribution is 5.75. The van der Waals surface area contributed by atoms with E-state index < -0.39 is 18.0 Å². The molecule has 1 saturated carbocycles. The molecule has 3 aromatic heterocycles. The average Bonchev–Trinajstić information content (AvgIpc) is 3.43. The minimum Gasteiger partial charge on any atom is -0.370 e. The van der Waals surface area contributed by atoms with Crippen LogP contribution in [0, 0.1) is 19.8 Å². The Kier molecular flexibility index (Phi) is 4.61. The first-order valence-corrected chi connectivity index (χ1v) is 10.2. The number of morpholine rings is 1. The Balaban J connectivity index is 1.54. The highest BCUT2D eigenvalue weighted by Gasteiger charge is 2.57. The third-order valence-electron chi connectivity index (χ3n) is 5.97. The molecule has 1 aliphatic heterocycles. The quantitative estimate of drug-likeness (QED) is 0.628. The van der Waals surface area contributed by atoms with Crippen LogP contribution in [0.15, 0.2) is 12.4 Å². The molecule has 3 aromatic rings. The Bertz CT molecular complexity index is 1150. The van der Waals surface area contributed by atoms with Gasteiger partial charge < -0.3 is 9.64 Å². The highest BCUT2D eigenvalue weighted by Crippen LogP contribution is 2.56. The van der Waals surface area contributed by atoms with Gasteiger partial charge in [-0.1, -0.05) is 0 Å². The number of hydrogen-bond donors (Lipinski definition) is 0. The van der Waals surface area contributed by atoms with Crippen molar-refractivity contribution in [1.29, 1.82) is 0 Å². The summed E-state index contributed by atoms with van der Waals surface area (Å²) >= 11 is 0. The molecule has 11 heteroatoms. The number of hydrogen-bond acceptors (Lipinski definition) is 7. The van der Waals surface area contributed by atoms with Crippen LogP contribution in [-0.4, -0.2) is 55.6 Å². The summed E-state index contributed by atoms with van der Waals surface area (Å²) in [7, 11) is 1.83. The molecule has 1 saturated heterocycles. The van der Waals surface area contributed by atoms with Gasteiger partial charge in [0.25, 0.3) is 0 Å². The van der Waals surface area contributed by atoms with Gasteiger partial charge in [0, 0.05) is 31.3 Å². The fourth-order valence-electron chi connectivity index (χ4n) is 4.02. The van der Waals surface area contributed by atoms with Crippen LogP contribution in [0.1, 0.15) is 41.1 Å². The molecule has 0 spiro atoms. The number of ether oxygens (including phenoxy) is 1. The van der Waals surface area contributed by atoms with Gasteiger partial charge in [-0.2, -0.15) is 23.3 Å². The Morgan fingerprint density at radius 2 is 1.87 bits per heavy atom. The van der Waals surface area contributed by atoms with E-state index in [0.29, 0.717) is 53.9 Å². The molecule has 0 radical (unpaired) electrons. The van der Waals surface area contributed by atoms with Crippen LogP contribution in [0.3, 0.4) is 0 Å². The fraction of sp³-hybridized carbons (Fsp3) is 0.550. The monoisotopic (exact) mass is 433 g/mol. The predicted octanol–water partition coefficient (Wildman–Crippen LogP) is 3.01. The summed E-state index contributed by atoms with van der Waals surface area (Å²) in [5, 5.41) is 4.19. The van der Waals surface area contributed by atoms with Crippen LogP contribution in [0.2, 0.25) is 0 Å². The van der Waals surface area contributed by atoms with Crippen LogP contribution >= 0.6 is 0 Å². The Morgan fingerprint density at radius 1 is 1.10 bits per heavy atom. The summed E-state index contributed by atoms with van der Waals surface area (Å²) in [4.78, 5) is 20.1. The second kappa shape index (κ2) is 7.11. The van der Waals surface area contributed by atoms with E-state index in [0.717, 1.165) is 5.56 Å². The summed E-state index contributed by atoms with van der Waals surface area (Å²) in [6, 6.07) is 0. The summed E-state index contributed by atoms with van der Waals surface area (Å²) in [5.74, 6) is -1.74. The van der Waals surface area contributed by atoms with Gasteiger partial charge in [-0.25, -0.2) is 15.0 Å². The largest absolute Gasteiger partial charge is 0.392 e. The fourth-order valence-corrected chi connectivity index (χ4v) is 4.02. The first-order chi connectivity index (χ1) is 14.7. The van der Waals surface area contributed by atoms with Crippen LogP contribution in [0.25, 0.3) is 11.2 Å². The number of aromatic nitrogens is 6. The molecule has 5 rings (SSSR count). The van der Waals surface area contributed by atoms with E-state index in [1.54, 1.807) is 17.8 Å². The van der Waals surface area contributed by atoms with Gasteiger partial charge in [0.05, 0.1) is 42.3 Å². The van der Waals surface area contributed by atoms with Gasteiger partial charge in [-0.15, -0.1) is 0 Å². The number of rotatable bonds is 3. The van der Waals surface area contributed by atoms with Crippen molar-refractivity contribution in [2.24, 2.45) is 13.0 Å². The molecule has 2 aliphatic rings. The Hall–Kier alpha value is -2.82. The van der Waals surface area contributed by atoms with Gasteiger partial charge >= 0.3 is 6.18 Å². The molecule has 0 aromatic carbocycles. The molecule has 2 fully saturated rings. The minimum atomic E-state index is -4.25. The van der Waals surface area contributed by atoms with Crippen molar-refractivity contribution < 1.29 is 17.9 Å². The van der Waals surface area contributed by atoms with E-state index in [4.69, 9.17) is 4.74 Å². The van der Waals surface area contributed by atoms with E-state index in [2.05, 4.69) is 25.0 Å². The molecular formula is C20H22F3N7O. The van der Waals surface area contributed by atoms with Crippen molar-refractivity contribution in [1.82, 2.24) is 29.7 Å². The van der Waals surface area contributed by atoms with Crippen molar-refractivity contribution in [3.05, 3.63) is 35.0 Å². The molecule has 31 heavy (non-hydrogen) atoms. The zero-order valence-electron chi connectivity index (χ0n) is 17.4. The zero-order chi connectivity index (χ0) is 21.9. The van der Waals surface area contributed by atoms with E-state index in [1.807, 2.05) is 25.1 Å². The maximum atomic E-state index is 13.3. The first kappa shape index (κ1) is 20.1. The third-order valence-corrected chi connectivity index (χ3v) is 5.97. The second-order valence-electron chi connectivity index (χ2n) is 8.22. The maximum absolute atomic E-state index is 13.3. The molecular weight excluding hydrogens is 411 g/mol. The molecule has 3 atom stereocenters. The number of nitrogens with zero attached hydrogens (tertiary/aromatic N) is 7. The molecule has 0 bridgehead atoms. The molecule has 8 nitrogen and oxygen atoms in total. The number of alkyl halides is 3. The van der Waals surface area contributed by atoms with Crippen LogP contribution in [-0.2, 0) is 11.8 Å². The van der Waals surface area contributed by atoms with Gasteiger partial charge in [0.2, 0.25) is 5.95 Å². The summed E-state index contributed by atoms with van der Waals surface area (Å²) in [5.41, 5.74) is 3.32. The molecule has 164 valence electrons. The zero-order valence-corrected chi connectivity index (χ0v) is 17.4. The van der Waals surface area contributed by atoms with Gasteiger partial charge in [-0.05, 0) is 20.3 Å². The lowest BCUT2D eigenvalue weighted by Crippen LogP contribution is -2.39. The maximum Gasteiger partial charge on any atom is 0.392 e. The number of anilines is 1. The van der Waals surface area contributed by atoms with Crippen molar-refractivity contribution in [3.63, 3.8) is 0 Å². The standard InChI is InChI=1S/C20H22F3N7O/c1-10-11(2)26-18-17(25-10)16(13-6-14(13)20(21,22)23)27-19(28-18)30-4-5-31-15(9-30)12-7-24-29(3)8-12/h7-8,13-15H,4-6,9H2,1-3H3/t13-,14?,15+/m1/s1. The smallest absolute Gasteiger partial charge is 0.370 e.